The second-order valence-electron chi connectivity index (χ2n) is 13.2. The van der Waals surface area contributed by atoms with E-state index in [1.165, 1.54) is 38.8 Å². The van der Waals surface area contributed by atoms with E-state index in [1.807, 2.05) is 12.1 Å². The van der Waals surface area contributed by atoms with Crippen molar-refractivity contribution in [2.75, 3.05) is 0 Å². The van der Waals surface area contributed by atoms with E-state index in [-0.39, 0.29) is 0 Å². The van der Waals surface area contributed by atoms with Crippen molar-refractivity contribution in [1.82, 2.24) is 9.55 Å². The summed E-state index contributed by atoms with van der Waals surface area (Å²) in [5.41, 5.74) is 8.98. The number of hydrogen-bond donors (Lipinski definition) is 0. The Bertz CT molecular complexity index is 2390. The number of para-hydroxylation sites is 2. The van der Waals surface area contributed by atoms with Gasteiger partial charge in [0, 0.05) is 26.9 Å². The predicted molar refractivity (Wildman–Crippen MR) is 195 cm³/mol. The maximum Gasteiger partial charge on any atom is 0.138 e. The molecule has 0 fully saturated rings. The molecule has 0 spiro atoms. The molecular weight excluding hydrogens is 565 g/mol. The Hall–Kier alpha value is -4.67. The Kier molecular flexibility index (Phi) is 6.47. The van der Waals surface area contributed by atoms with Crippen molar-refractivity contribution in [2.45, 2.75) is 51.7 Å². The normalized spacial score (nSPS) is 12.6. The minimum atomic E-state index is -1.65. The van der Waals surface area contributed by atoms with Gasteiger partial charge in [-0.2, -0.15) is 0 Å². The monoisotopic (exact) mass is 602 g/mol. The summed E-state index contributed by atoms with van der Waals surface area (Å²) in [5.74, 6) is 0.951. The van der Waals surface area contributed by atoms with Crippen LogP contribution < -0.4 is 5.19 Å². The second-order valence-corrected chi connectivity index (χ2v) is 18.8. The Morgan fingerprint density at radius 2 is 1.29 bits per heavy atom. The van der Waals surface area contributed by atoms with E-state index < -0.39 is 8.07 Å². The van der Waals surface area contributed by atoms with Gasteiger partial charge in [-0.1, -0.05) is 107 Å². The summed E-state index contributed by atoms with van der Waals surface area (Å²) in [4.78, 5) is 5.26. The molecule has 0 unspecified atom stereocenters. The number of rotatable bonds is 6. The third-order valence-corrected chi connectivity index (χ3v) is 17.1. The molecule has 0 saturated heterocycles. The fraction of sp³-hybridized carbons (Fsp3) is 0.195. The van der Waals surface area contributed by atoms with Gasteiger partial charge in [-0.15, -0.1) is 0 Å². The molecule has 0 saturated carbocycles. The van der Waals surface area contributed by atoms with Crippen LogP contribution in [0, 0.1) is 0 Å². The lowest BCUT2D eigenvalue weighted by Gasteiger charge is -2.39. The molecule has 0 N–H and O–H groups in total. The molecule has 3 aromatic heterocycles. The van der Waals surface area contributed by atoms with Gasteiger partial charge in [0.25, 0.3) is 0 Å². The van der Waals surface area contributed by atoms with E-state index in [0.29, 0.717) is 11.1 Å². The van der Waals surface area contributed by atoms with E-state index in [9.17, 15) is 0 Å². The minimum absolute atomic E-state index is 0.690. The molecule has 0 radical (unpaired) electrons. The number of benzene rings is 5. The average Bonchev–Trinajstić information content (AvgIpc) is 3.60. The van der Waals surface area contributed by atoms with Crippen molar-refractivity contribution in [3.05, 3.63) is 115 Å². The first kappa shape index (κ1) is 27.8. The highest BCUT2D eigenvalue weighted by atomic mass is 28.3. The molecular formula is C41H38N2OSi. The maximum atomic E-state index is 6.10. The molecule has 0 aliphatic rings. The first-order valence-corrected chi connectivity index (χ1v) is 18.6. The molecule has 222 valence electrons. The van der Waals surface area contributed by atoms with Gasteiger partial charge in [0.2, 0.25) is 0 Å². The van der Waals surface area contributed by atoms with Crippen LogP contribution in [0.5, 0.6) is 0 Å². The van der Waals surface area contributed by atoms with Crippen LogP contribution in [0.25, 0.3) is 71.6 Å². The summed E-state index contributed by atoms with van der Waals surface area (Å²) < 4.78 is 8.42. The van der Waals surface area contributed by atoms with Crippen molar-refractivity contribution in [3.8, 4) is 16.9 Å². The average molecular weight is 603 g/mol. The number of hydrogen-bond acceptors (Lipinski definition) is 2. The predicted octanol–water partition coefficient (Wildman–Crippen LogP) is 11.4. The van der Waals surface area contributed by atoms with Crippen molar-refractivity contribution >= 4 is 67.9 Å². The summed E-state index contributed by atoms with van der Waals surface area (Å²) in [6.07, 6.45) is 0. The van der Waals surface area contributed by atoms with Crippen LogP contribution in [0.4, 0.5) is 0 Å². The molecule has 0 bridgehead atoms. The Balaban J connectivity index is 1.26. The molecule has 8 aromatic rings. The third kappa shape index (κ3) is 4.19. The minimum Gasteiger partial charge on any atom is -0.456 e. The standard InChI is InChI=1S/C41H38N2OSi/c1-6-45(26(2)3,27(4)5)31-18-19-36-30(23-31)17-22-41(42-36)43-37-13-9-7-11-32(37)34-24-28(15-20-38(34)43)29-16-21-40-35(25-29)33-12-8-10-14-39(33)44-40/h7-27H,6H2,1-5H3. The zero-order valence-electron chi connectivity index (χ0n) is 26.6. The van der Waals surface area contributed by atoms with E-state index in [2.05, 4.69) is 142 Å². The van der Waals surface area contributed by atoms with Gasteiger partial charge >= 0.3 is 0 Å². The fourth-order valence-electron chi connectivity index (χ4n) is 8.19. The topological polar surface area (TPSA) is 31.0 Å². The maximum absolute atomic E-state index is 6.10. The molecule has 4 heteroatoms. The highest BCUT2D eigenvalue weighted by Crippen LogP contribution is 2.38. The summed E-state index contributed by atoms with van der Waals surface area (Å²) in [6, 6.07) is 43.1. The van der Waals surface area contributed by atoms with E-state index >= 15 is 0 Å². The lowest BCUT2D eigenvalue weighted by atomic mass is 10.0. The van der Waals surface area contributed by atoms with Gasteiger partial charge in [-0.3, -0.25) is 4.57 Å². The molecule has 0 aliphatic heterocycles. The summed E-state index contributed by atoms with van der Waals surface area (Å²) >= 11 is 0. The van der Waals surface area contributed by atoms with Gasteiger partial charge in [-0.25, -0.2) is 4.98 Å². The fourth-order valence-corrected chi connectivity index (χ4v) is 13.7. The molecule has 8 rings (SSSR count). The molecule has 0 atom stereocenters. The van der Waals surface area contributed by atoms with Crippen LogP contribution in [0.2, 0.25) is 17.1 Å². The van der Waals surface area contributed by atoms with Crippen LogP contribution in [0.1, 0.15) is 34.6 Å². The first-order chi connectivity index (χ1) is 21.9. The number of pyridine rings is 1. The number of furan rings is 1. The van der Waals surface area contributed by atoms with Crippen LogP contribution in [-0.4, -0.2) is 17.6 Å². The second kappa shape index (κ2) is 10.5. The molecule has 3 nitrogen and oxygen atoms in total. The molecule has 45 heavy (non-hydrogen) atoms. The van der Waals surface area contributed by atoms with E-state index in [0.717, 1.165) is 38.8 Å². The Morgan fingerprint density at radius 1 is 0.622 bits per heavy atom. The quantitative estimate of drug-likeness (QED) is 0.177. The van der Waals surface area contributed by atoms with Crippen LogP contribution in [0.15, 0.2) is 120 Å². The third-order valence-electron chi connectivity index (χ3n) is 10.5. The van der Waals surface area contributed by atoms with E-state index in [4.69, 9.17) is 9.40 Å². The largest absolute Gasteiger partial charge is 0.456 e. The summed E-state index contributed by atoms with van der Waals surface area (Å²) in [5, 5.41) is 7.54. The van der Waals surface area contributed by atoms with Gasteiger partial charge in [0.1, 0.15) is 17.0 Å². The number of nitrogens with zero attached hydrogens (tertiary/aromatic N) is 2. The molecule has 0 amide bonds. The van der Waals surface area contributed by atoms with Gasteiger partial charge in [0.05, 0.1) is 24.6 Å². The zero-order chi connectivity index (χ0) is 30.9. The smallest absolute Gasteiger partial charge is 0.138 e. The number of aromatic nitrogens is 2. The Labute approximate surface area is 265 Å². The zero-order valence-corrected chi connectivity index (χ0v) is 27.6. The summed E-state index contributed by atoms with van der Waals surface area (Å²) in [7, 11) is -1.65. The van der Waals surface area contributed by atoms with Gasteiger partial charge < -0.3 is 4.42 Å². The van der Waals surface area contributed by atoms with Gasteiger partial charge in [0.15, 0.2) is 0 Å². The van der Waals surface area contributed by atoms with Crippen molar-refractivity contribution in [2.24, 2.45) is 0 Å². The highest BCUT2D eigenvalue weighted by Gasteiger charge is 2.39. The lowest BCUT2D eigenvalue weighted by molar-refractivity contribution is 0.669. The highest BCUT2D eigenvalue weighted by molar-refractivity contribution is 6.94. The van der Waals surface area contributed by atoms with Crippen molar-refractivity contribution < 1.29 is 4.42 Å². The van der Waals surface area contributed by atoms with Crippen LogP contribution >= 0.6 is 0 Å². The van der Waals surface area contributed by atoms with Crippen LogP contribution in [0.3, 0.4) is 0 Å². The van der Waals surface area contributed by atoms with Crippen molar-refractivity contribution in [1.29, 1.82) is 0 Å². The van der Waals surface area contributed by atoms with Crippen LogP contribution in [-0.2, 0) is 0 Å². The molecule has 3 heterocycles. The van der Waals surface area contributed by atoms with Gasteiger partial charge in [-0.05, 0) is 76.8 Å². The summed E-state index contributed by atoms with van der Waals surface area (Å²) in [6.45, 7) is 12.1. The van der Waals surface area contributed by atoms with E-state index in [1.54, 1.807) is 5.19 Å². The number of fused-ring (bicyclic) bond motifs is 7. The molecule has 0 aliphatic carbocycles. The van der Waals surface area contributed by atoms with Crippen molar-refractivity contribution in [3.63, 3.8) is 0 Å². The SMILES string of the molecule is CC[Si](c1ccc2nc(-n3c4ccccc4c4cc(-c5ccc6oc7ccccc7c6c5)ccc43)ccc2c1)(C(C)C)C(C)C. The molecule has 5 aromatic carbocycles. The lowest BCUT2D eigenvalue weighted by Crippen LogP contribution is -2.52. The first-order valence-electron chi connectivity index (χ1n) is 16.3. The Morgan fingerprint density at radius 3 is 2.07 bits per heavy atom.